The highest BCUT2D eigenvalue weighted by molar-refractivity contribution is 5.99. The van der Waals surface area contributed by atoms with Crippen molar-refractivity contribution in [3.63, 3.8) is 0 Å². The van der Waals surface area contributed by atoms with Gasteiger partial charge in [-0.05, 0) is 11.5 Å². The highest BCUT2D eigenvalue weighted by Crippen LogP contribution is 2.31. The molecule has 0 aromatic heterocycles. The Hall–Kier alpha value is -1.64. The molecule has 1 aromatic rings. The van der Waals surface area contributed by atoms with Crippen molar-refractivity contribution in [1.29, 1.82) is 0 Å². The fourth-order valence-electron chi connectivity index (χ4n) is 1.82. The van der Waals surface area contributed by atoms with Gasteiger partial charge in [-0.1, -0.05) is 37.2 Å². The van der Waals surface area contributed by atoms with E-state index in [4.69, 9.17) is 4.84 Å². The molecule has 0 saturated heterocycles. The normalized spacial score (nSPS) is 14.4. The first kappa shape index (κ1) is 10.9. The van der Waals surface area contributed by atoms with Crippen molar-refractivity contribution in [2.75, 3.05) is 7.11 Å². The third-order valence-corrected chi connectivity index (χ3v) is 2.74. The van der Waals surface area contributed by atoms with E-state index in [2.05, 4.69) is 30.1 Å². The molecular formula is C13H16N2O. The van der Waals surface area contributed by atoms with Gasteiger partial charge in [-0.15, -0.1) is 0 Å². The average molecular weight is 216 g/mol. The summed E-state index contributed by atoms with van der Waals surface area (Å²) in [5.41, 5.74) is 4.60. The minimum atomic E-state index is 0.500. The fraction of sp³-hybridized carbons (Fsp3) is 0.385. The Morgan fingerprint density at radius 1 is 1.44 bits per heavy atom. The molecule has 0 radical (unpaired) electrons. The minimum absolute atomic E-state index is 0.500. The van der Waals surface area contributed by atoms with Gasteiger partial charge in [0.1, 0.15) is 7.11 Å². The van der Waals surface area contributed by atoms with Gasteiger partial charge in [-0.25, -0.2) is 0 Å². The zero-order valence-corrected chi connectivity index (χ0v) is 9.90. The molecule has 16 heavy (non-hydrogen) atoms. The zero-order valence-electron chi connectivity index (χ0n) is 9.90. The molecule has 0 bridgehead atoms. The number of oxime groups is 1. The molecule has 0 N–H and O–H groups in total. The summed E-state index contributed by atoms with van der Waals surface area (Å²) in [5, 5.41) is 3.80. The maximum Gasteiger partial charge on any atom is 0.106 e. The summed E-state index contributed by atoms with van der Waals surface area (Å²) in [6.07, 6.45) is 2.67. The number of fused-ring (bicyclic) bond motifs is 1. The summed E-state index contributed by atoms with van der Waals surface area (Å²) in [6.45, 7) is 4.35. The molecular weight excluding hydrogens is 200 g/mol. The van der Waals surface area contributed by atoms with Crippen LogP contribution < -0.4 is 0 Å². The number of benzene rings is 1. The van der Waals surface area contributed by atoms with Gasteiger partial charge in [-0.3, -0.25) is 4.99 Å². The summed E-state index contributed by atoms with van der Waals surface area (Å²) >= 11 is 0. The number of hydrogen-bond acceptors (Lipinski definition) is 3. The SMILES string of the molecule is CON=Cc1cccc2c1N=C(C(C)C)C2. The Morgan fingerprint density at radius 2 is 2.25 bits per heavy atom. The fourth-order valence-corrected chi connectivity index (χ4v) is 1.82. The lowest BCUT2D eigenvalue weighted by Crippen LogP contribution is -2.06. The molecule has 2 rings (SSSR count). The summed E-state index contributed by atoms with van der Waals surface area (Å²) in [4.78, 5) is 9.37. The number of hydrogen-bond donors (Lipinski definition) is 0. The van der Waals surface area contributed by atoms with Crippen LogP contribution in [0.3, 0.4) is 0 Å². The van der Waals surface area contributed by atoms with Gasteiger partial charge in [0.25, 0.3) is 0 Å². The van der Waals surface area contributed by atoms with Gasteiger partial charge in [0.15, 0.2) is 0 Å². The second-order valence-corrected chi connectivity index (χ2v) is 4.21. The Kier molecular flexibility index (Phi) is 3.04. The first-order valence-electron chi connectivity index (χ1n) is 5.48. The molecule has 84 valence electrons. The van der Waals surface area contributed by atoms with Crippen molar-refractivity contribution in [2.45, 2.75) is 20.3 Å². The number of para-hydroxylation sites is 1. The molecule has 1 heterocycles. The summed E-state index contributed by atoms with van der Waals surface area (Å²) in [7, 11) is 1.54. The van der Waals surface area contributed by atoms with E-state index < -0.39 is 0 Å². The first-order valence-corrected chi connectivity index (χ1v) is 5.48. The number of aliphatic imine (C=N–C) groups is 1. The van der Waals surface area contributed by atoms with Crippen LogP contribution in [0.1, 0.15) is 25.0 Å². The van der Waals surface area contributed by atoms with Crippen LogP contribution in [0.2, 0.25) is 0 Å². The second kappa shape index (κ2) is 4.47. The highest BCUT2D eigenvalue weighted by Gasteiger charge is 2.18. The van der Waals surface area contributed by atoms with Gasteiger partial charge >= 0.3 is 0 Å². The monoisotopic (exact) mass is 216 g/mol. The van der Waals surface area contributed by atoms with Crippen molar-refractivity contribution in [3.8, 4) is 0 Å². The van der Waals surface area contributed by atoms with Gasteiger partial charge in [0.2, 0.25) is 0 Å². The van der Waals surface area contributed by atoms with Crippen LogP contribution in [0.15, 0.2) is 28.3 Å². The van der Waals surface area contributed by atoms with Crippen molar-refractivity contribution in [2.24, 2.45) is 16.1 Å². The van der Waals surface area contributed by atoms with E-state index >= 15 is 0 Å². The lowest BCUT2D eigenvalue weighted by Gasteiger charge is -2.01. The van der Waals surface area contributed by atoms with Crippen LogP contribution in [0.4, 0.5) is 5.69 Å². The minimum Gasteiger partial charge on any atom is -0.399 e. The Morgan fingerprint density at radius 3 is 2.94 bits per heavy atom. The van der Waals surface area contributed by atoms with Gasteiger partial charge in [-0.2, -0.15) is 0 Å². The lowest BCUT2D eigenvalue weighted by molar-refractivity contribution is 0.215. The molecule has 1 aliphatic rings. The molecule has 0 aliphatic carbocycles. The van der Waals surface area contributed by atoms with Crippen molar-refractivity contribution in [1.82, 2.24) is 0 Å². The molecule has 0 spiro atoms. The Balaban J connectivity index is 2.38. The predicted octanol–water partition coefficient (Wildman–Crippen LogP) is 2.95. The third-order valence-electron chi connectivity index (χ3n) is 2.74. The van der Waals surface area contributed by atoms with Crippen LogP contribution in [-0.2, 0) is 11.3 Å². The van der Waals surface area contributed by atoms with Crippen LogP contribution in [0.25, 0.3) is 0 Å². The lowest BCUT2D eigenvalue weighted by atomic mass is 10.0. The van der Waals surface area contributed by atoms with E-state index in [1.807, 2.05) is 12.1 Å². The van der Waals surface area contributed by atoms with E-state index in [0.29, 0.717) is 5.92 Å². The second-order valence-electron chi connectivity index (χ2n) is 4.21. The molecule has 1 aliphatic heterocycles. The molecule has 3 heteroatoms. The standard InChI is InChI=1S/C13H16N2O/c1-9(2)12-7-10-5-4-6-11(8-14-16-3)13(10)15-12/h4-6,8-9H,7H2,1-3H3. The average Bonchev–Trinajstić information content (AvgIpc) is 2.70. The third kappa shape index (κ3) is 1.98. The molecule has 0 saturated carbocycles. The molecule has 0 fully saturated rings. The van der Waals surface area contributed by atoms with Crippen LogP contribution in [-0.4, -0.2) is 19.0 Å². The van der Waals surface area contributed by atoms with E-state index in [0.717, 1.165) is 17.7 Å². The quantitative estimate of drug-likeness (QED) is 0.565. The smallest absolute Gasteiger partial charge is 0.106 e. The molecule has 1 aromatic carbocycles. The van der Waals surface area contributed by atoms with Crippen molar-refractivity contribution >= 4 is 17.6 Å². The highest BCUT2D eigenvalue weighted by atomic mass is 16.6. The largest absolute Gasteiger partial charge is 0.399 e. The van der Waals surface area contributed by atoms with Crippen molar-refractivity contribution in [3.05, 3.63) is 29.3 Å². The van der Waals surface area contributed by atoms with Crippen LogP contribution in [0.5, 0.6) is 0 Å². The summed E-state index contributed by atoms with van der Waals surface area (Å²) in [5.74, 6) is 0.500. The Bertz CT molecular complexity index is 447. The summed E-state index contributed by atoms with van der Waals surface area (Å²) in [6, 6.07) is 6.17. The maximum absolute atomic E-state index is 4.70. The predicted molar refractivity (Wildman–Crippen MR) is 66.7 cm³/mol. The van der Waals surface area contributed by atoms with E-state index in [1.54, 1.807) is 13.3 Å². The molecule has 0 unspecified atom stereocenters. The summed E-state index contributed by atoms with van der Waals surface area (Å²) < 4.78 is 0. The Labute approximate surface area is 95.8 Å². The van der Waals surface area contributed by atoms with Crippen molar-refractivity contribution < 1.29 is 4.84 Å². The van der Waals surface area contributed by atoms with Gasteiger partial charge in [0.05, 0.1) is 11.9 Å². The van der Waals surface area contributed by atoms with E-state index in [1.165, 1.54) is 11.3 Å². The van der Waals surface area contributed by atoms with Crippen LogP contribution >= 0.6 is 0 Å². The van der Waals surface area contributed by atoms with Crippen LogP contribution in [0, 0.1) is 5.92 Å². The molecule has 3 nitrogen and oxygen atoms in total. The number of nitrogens with zero attached hydrogens (tertiary/aromatic N) is 2. The first-order chi connectivity index (χ1) is 7.72. The van der Waals surface area contributed by atoms with Gasteiger partial charge in [0, 0.05) is 17.7 Å². The zero-order chi connectivity index (χ0) is 11.5. The van der Waals surface area contributed by atoms with E-state index in [9.17, 15) is 0 Å². The van der Waals surface area contributed by atoms with E-state index in [-0.39, 0.29) is 0 Å². The topological polar surface area (TPSA) is 34.0 Å². The maximum atomic E-state index is 4.70. The molecule has 0 atom stereocenters. The molecule has 0 amide bonds. The number of rotatable bonds is 3. The van der Waals surface area contributed by atoms with Gasteiger partial charge < -0.3 is 4.84 Å².